The van der Waals surface area contributed by atoms with Crippen molar-refractivity contribution in [3.05, 3.63) is 0 Å². The number of alkyl halides is 1. The molecule has 0 bridgehead atoms. The van der Waals surface area contributed by atoms with E-state index in [2.05, 4.69) is 32.3 Å². The second-order valence-electron chi connectivity index (χ2n) is 13.7. The molecule has 6 heteroatoms. The van der Waals surface area contributed by atoms with Crippen LogP contribution in [0.25, 0.3) is 0 Å². The quantitative estimate of drug-likeness (QED) is 0.0304. The summed E-state index contributed by atoms with van der Waals surface area (Å²) < 4.78 is 5.65. The van der Waals surface area contributed by atoms with Gasteiger partial charge < -0.3 is 10.1 Å². The third-order valence-electron chi connectivity index (χ3n) is 9.10. The van der Waals surface area contributed by atoms with E-state index in [4.69, 9.17) is 16.3 Å². The lowest BCUT2D eigenvalue weighted by Gasteiger charge is -2.22. The molecule has 4 nitrogen and oxygen atoms in total. The van der Waals surface area contributed by atoms with Crippen LogP contribution >= 0.6 is 22.5 Å². The molecule has 0 aliphatic carbocycles. The fraction of sp³-hybridized carbons (Fsp3) is 0.949. The average Bonchev–Trinajstić information content (AvgIpc) is 3.02. The van der Waals surface area contributed by atoms with Gasteiger partial charge in [0.25, 0.3) is 0 Å². The summed E-state index contributed by atoms with van der Waals surface area (Å²) in [5.41, 5.74) is -0.611. The topological polar surface area (TPSA) is 55.4 Å². The first-order valence-electron chi connectivity index (χ1n) is 19.8. The molecule has 0 aliphatic heterocycles. The van der Waals surface area contributed by atoms with E-state index in [1.165, 1.54) is 147 Å². The van der Waals surface area contributed by atoms with Crippen LogP contribution in [0, 0.1) is 0 Å². The SMILES string of the molecule is CCCCCCCCCCCCCCCCCC(=O)N[C@H](CC[SH](C)CCCC)C(=O)OC(Cl)CCCCCCCCCCC. The Morgan fingerprint density at radius 3 is 1.40 bits per heavy atom. The second-order valence-corrected chi connectivity index (χ2v) is 16.8. The molecule has 2 unspecified atom stereocenters. The van der Waals surface area contributed by atoms with Crippen LogP contribution in [0.4, 0.5) is 0 Å². The predicted octanol–water partition coefficient (Wildman–Crippen LogP) is 12.6. The first kappa shape index (κ1) is 44.6. The average molecular weight is 677 g/mol. The molecule has 0 saturated heterocycles. The van der Waals surface area contributed by atoms with E-state index in [1.807, 2.05) is 0 Å². The summed E-state index contributed by atoms with van der Waals surface area (Å²) in [4.78, 5) is 25.9. The van der Waals surface area contributed by atoms with Gasteiger partial charge in [0.1, 0.15) is 6.04 Å². The van der Waals surface area contributed by atoms with E-state index in [1.54, 1.807) is 0 Å². The Labute approximate surface area is 289 Å². The van der Waals surface area contributed by atoms with Crippen molar-refractivity contribution in [3.63, 3.8) is 0 Å². The van der Waals surface area contributed by atoms with E-state index in [0.717, 1.165) is 31.4 Å². The zero-order valence-corrected chi connectivity index (χ0v) is 32.3. The van der Waals surface area contributed by atoms with Crippen LogP contribution in [0.1, 0.15) is 207 Å². The third kappa shape index (κ3) is 31.9. The Hall–Kier alpha value is -0.420. The molecule has 0 heterocycles. The number of rotatable bonds is 35. The molecule has 1 N–H and O–H groups in total. The van der Waals surface area contributed by atoms with Gasteiger partial charge in [-0.15, -0.1) is 0 Å². The minimum absolute atomic E-state index is 0.0225. The van der Waals surface area contributed by atoms with E-state index in [0.29, 0.717) is 19.3 Å². The molecule has 0 aromatic heterocycles. The zero-order valence-electron chi connectivity index (χ0n) is 30.6. The maximum Gasteiger partial charge on any atom is 0.330 e. The number of ether oxygens (including phenoxy) is 1. The van der Waals surface area contributed by atoms with E-state index >= 15 is 0 Å². The molecular formula is C39H78ClNO3S. The molecule has 1 amide bonds. The van der Waals surface area contributed by atoms with Gasteiger partial charge in [-0.25, -0.2) is 4.79 Å². The maximum absolute atomic E-state index is 13.1. The lowest BCUT2D eigenvalue weighted by molar-refractivity contribution is -0.150. The largest absolute Gasteiger partial charge is 0.444 e. The highest BCUT2D eigenvalue weighted by Crippen LogP contribution is 2.24. The first-order chi connectivity index (χ1) is 21.9. The van der Waals surface area contributed by atoms with Gasteiger partial charge >= 0.3 is 5.97 Å². The van der Waals surface area contributed by atoms with Crippen LogP contribution in [-0.4, -0.2) is 41.2 Å². The molecule has 0 spiro atoms. The Kier molecular flexibility index (Phi) is 34.6. The van der Waals surface area contributed by atoms with Crippen molar-refractivity contribution in [1.29, 1.82) is 0 Å². The first-order valence-corrected chi connectivity index (χ1v) is 22.4. The number of esters is 1. The molecule has 270 valence electrons. The van der Waals surface area contributed by atoms with Crippen molar-refractivity contribution >= 4 is 34.4 Å². The summed E-state index contributed by atoms with van der Waals surface area (Å²) in [6, 6.07) is -0.579. The van der Waals surface area contributed by atoms with Gasteiger partial charge in [0.15, 0.2) is 5.56 Å². The van der Waals surface area contributed by atoms with E-state index in [9.17, 15) is 9.59 Å². The van der Waals surface area contributed by atoms with Gasteiger partial charge in [-0.05, 0) is 49.9 Å². The van der Waals surface area contributed by atoms with Crippen LogP contribution in [0.5, 0.6) is 0 Å². The normalized spacial score (nSPS) is 13.8. The fourth-order valence-corrected chi connectivity index (χ4v) is 7.96. The van der Waals surface area contributed by atoms with Gasteiger partial charge in [-0.3, -0.25) is 15.7 Å². The molecule has 45 heavy (non-hydrogen) atoms. The molecular weight excluding hydrogens is 598 g/mol. The molecule has 0 radical (unpaired) electrons. The number of nitrogens with one attached hydrogen (secondary N) is 1. The highest BCUT2D eigenvalue weighted by Gasteiger charge is 2.24. The monoisotopic (exact) mass is 676 g/mol. The number of hydrogen-bond acceptors (Lipinski definition) is 3. The second kappa shape index (κ2) is 34.9. The number of amides is 1. The van der Waals surface area contributed by atoms with Crippen LogP contribution in [-0.2, 0) is 14.3 Å². The summed E-state index contributed by atoms with van der Waals surface area (Å²) in [5, 5.41) is 3.03. The number of unbranched alkanes of at least 4 members (excludes halogenated alkanes) is 23. The van der Waals surface area contributed by atoms with Crippen molar-refractivity contribution in [2.75, 3.05) is 17.8 Å². The van der Waals surface area contributed by atoms with Gasteiger partial charge in [0, 0.05) is 6.42 Å². The van der Waals surface area contributed by atoms with E-state index < -0.39 is 11.6 Å². The Bertz CT molecular complexity index is 650. The number of thiol groups is 1. The predicted molar refractivity (Wildman–Crippen MR) is 203 cm³/mol. The number of hydrogen-bond donors (Lipinski definition) is 2. The lowest BCUT2D eigenvalue weighted by atomic mass is 10.0. The Balaban J connectivity index is 4.21. The third-order valence-corrected chi connectivity index (χ3v) is 11.5. The minimum Gasteiger partial charge on any atom is -0.444 e. The molecule has 0 saturated carbocycles. The Morgan fingerprint density at radius 1 is 0.556 bits per heavy atom. The Morgan fingerprint density at radius 2 is 0.956 bits per heavy atom. The number of carbonyl (C=O) groups is 2. The number of carbonyl (C=O) groups excluding carboxylic acids is 2. The summed E-state index contributed by atoms with van der Waals surface area (Å²) in [7, 11) is -0.131. The van der Waals surface area contributed by atoms with Crippen molar-refractivity contribution in [3.8, 4) is 0 Å². The lowest BCUT2D eigenvalue weighted by Crippen LogP contribution is -2.43. The van der Waals surface area contributed by atoms with Crippen LogP contribution < -0.4 is 5.32 Å². The molecule has 0 aliphatic rings. The highest BCUT2D eigenvalue weighted by molar-refractivity contribution is 8.16. The summed E-state index contributed by atoms with van der Waals surface area (Å²) in [6.07, 6.45) is 37.4. The molecule has 0 aromatic carbocycles. The molecule has 3 atom stereocenters. The van der Waals surface area contributed by atoms with Crippen molar-refractivity contribution in [2.24, 2.45) is 0 Å². The molecule has 0 fully saturated rings. The summed E-state index contributed by atoms with van der Waals surface area (Å²) in [6.45, 7) is 6.75. The minimum atomic E-state index is -0.611. The van der Waals surface area contributed by atoms with Crippen molar-refractivity contribution in [1.82, 2.24) is 5.32 Å². The van der Waals surface area contributed by atoms with Crippen LogP contribution in [0.3, 0.4) is 0 Å². The van der Waals surface area contributed by atoms with Crippen LogP contribution in [0.15, 0.2) is 0 Å². The smallest absolute Gasteiger partial charge is 0.330 e. The fourth-order valence-electron chi connectivity index (χ4n) is 5.94. The summed E-state index contributed by atoms with van der Waals surface area (Å²) >= 11 is 6.44. The van der Waals surface area contributed by atoms with Crippen molar-refractivity contribution in [2.45, 2.75) is 219 Å². The number of halogens is 1. The van der Waals surface area contributed by atoms with E-state index in [-0.39, 0.29) is 22.8 Å². The summed E-state index contributed by atoms with van der Waals surface area (Å²) in [5.74, 6) is 1.82. The van der Waals surface area contributed by atoms with Gasteiger partial charge in [-0.1, -0.05) is 180 Å². The highest BCUT2D eigenvalue weighted by atomic mass is 35.5. The van der Waals surface area contributed by atoms with Gasteiger partial charge in [0.2, 0.25) is 5.91 Å². The molecule has 0 aromatic rings. The van der Waals surface area contributed by atoms with Gasteiger partial charge in [-0.2, -0.15) is 0 Å². The standard InChI is InChI=1S/C39H78ClNO3S/c1-5-8-11-13-15-17-18-19-20-21-22-24-26-28-30-32-38(42)41-36(33-35-45(4)34-10-7-3)39(43)44-37(40)31-29-27-25-23-16-14-12-9-6-2/h36-37,45H,5-35H2,1-4H3,(H,41,42)/t36-,37?/m1/s1. The van der Waals surface area contributed by atoms with Gasteiger partial charge in [0.05, 0.1) is 0 Å². The van der Waals surface area contributed by atoms with Crippen molar-refractivity contribution < 1.29 is 14.3 Å². The zero-order chi connectivity index (χ0) is 33.2. The van der Waals surface area contributed by atoms with Crippen LogP contribution in [0.2, 0.25) is 0 Å². The molecule has 0 rings (SSSR count). The maximum atomic E-state index is 13.1.